The molecule has 2 N–H and O–H groups in total. The highest BCUT2D eigenvalue weighted by Gasteiger charge is 2.51. The van der Waals surface area contributed by atoms with Crippen molar-refractivity contribution in [1.82, 2.24) is 5.32 Å². The second-order valence-electron chi connectivity index (χ2n) is 10.4. The monoisotopic (exact) mass is 449 g/mol. The molecule has 4 rings (SSSR count). The molecule has 2 fully saturated rings. The van der Waals surface area contributed by atoms with E-state index in [-0.39, 0.29) is 11.2 Å². The van der Waals surface area contributed by atoms with E-state index in [0.29, 0.717) is 12.5 Å². The second kappa shape index (κ2) is 9.61. The Labute approximate surface area is 198 Å². The van der Waals surface area contributed by atoms with E-state index in [1.165, 1.54) is 18.4 Å². The predicted molar refractivity (Wildman–Crippen MR) is 132 cm³/mol. The third-order valence-corrected chi connectivity index (χ3v) is 7.59. The molecule has 2 aliphatic rings. The van der Waals surface area contributed by atoms with E-state index in [4.69, 9.17) is 9.31 Å². The molecule has 2 aromatic rings. The maximum atomic E-state index is 12.2. The second-order valence-corrected chi connectivity index (χ2v) is 10.4. The van der Waals surface area contributed by atoms with Gasteiger partial charge in [0.1, 0.15) is 6.04 Å². The normalized spacial score (nSPS) is 20.8. The summed E-state index contributed by atoms with van der Waals surface area (Å²) in [7, 11) is -0.395. The third-order valence-electron chi connectivity index (χ3n) is 7.59. The molecule has 176 valence electrons. The number of rotatable bonds is 8. The van der Waals surface area contributed by atoms with Gasteiger partial charge >= 0.3 is 13.1 Å². The predicted octanol–water partition coefficient (Wildman–Crippen LogP) is 4.60. The summed E-state index contributed by atoms with van der Waals surface area (Å²) < 4.78 is 12.4. The van der Waals surface area contributed by atoms with Gasteiger partial charge in [0.2, 0.25) is 0 Å². The molecule has 1 atom stereocenters. The number of aliphatic carboxylic acids is 1. The van der Waals surface area contributed by atoms with Gasteiger partial charge in [-0.3, -0.25) is 4.79 Å². The molecule has 0 aromatic heterocycles. The van der Waals surface area contributed by atoms with Crippen molar-refractivity contribution in [2.75, 3.05) is 6.54 Å². The Bertz CT molecular complexity index is 968. The lowest BCUT2D eigenvalue weighted by Gasteiger charge is -2.32. The lowest BCUT2D eigenvalue weighted by atomic mass is 9.78. The zero-order chi connectivity index (χ0) is 23.6. The zero-order valence-electron chi connectivity index (χ0n) is 20.3. The van der Waals surface area contributed by atoms with Crippen molar-refractivity contribution in [2.45, 2.75) is 83.0 Å². The van der Waals surface area contributed by atoms with Gasteiger partial charge in [0, 0.05) is 6.54 Å². The van der Waals surface area contributed by atoms with Gasteiger partial charge in [-0.25, -0.2) is 0 Å². The van der Waals surface area contributed by atoms with Gasteiger partial charge in [0.05, 0.1) is 11.2 Å². The van der Waals surface area contributed by atoms with Crippen LogP contribution in [0.4, 0.5) is 0 Å². The molecule has 1 saturated carbocycles. The minimum absolute atomic E-state index is 0.378. The SMILES string of the molecule is CC1(C)OB(c2cccc(CCN[C@H](C(=O)O)c3ccccc3C3CCCC3)c2)OC1(C)C. The summed E-state index contributed by atoms with van der Waals surface area (Å²) in [4.78, 5) is 12.2. The lowest BCUT2D eigenvalue weighted by Crippen LogP contribution is -2.41. The number of carbonyl (C=O) groups is 1. The zero-order valence-corrected chi connectivity index (χ0v) is 20.3. The van der Waals surface area contributed by atoms with Crippen molar-refractivity contribution in [2.24, 2.45) is 0 Å². The first kappa shape index (κ1) is 24.0. The highest BCUT2D eigenvalue weighted by atomic mass is 16.7. The minimum atomic E-state index is -0.827. The molecular weight excluding hydrogens is 413 g/mol. The molecule has 0 spiro atoms. The van der Waals surface area contributed by atoms with Crippen molar-refractivity contribution >= 4 is 18.6 Å². The quantitative estimate of drug-likeness (QED) is 0.577. The average Bonchev–Trinajstić information content (AvgIpc) is 3.37. The Morgan fingerprint density at radius 2 is 1.73 bits per heavy atom. The van der Waals surface area contributed by atoms with Crippen LogP contribution < -0.4 is 10.8 Å². The van der Waals surface area contributed by atoms with Crippen molar-refractivity contribution in [3.63, 3.8) is 0 Å². The first-order chi connectivity index (χ1) is 15.7. The molecule has 0 bridgehead atoms. The summed E-state index contributed by atoms with van der Waals surface area (Å²) >= 11 is 0. The molecular formula is C27H36BNO4. The van der Waals surface area contributed by atoms with Crippen molar-refractivity contribution in [1.29, 1.82) is 0 Å². The van der Waals surface area contributed by atoms with Crippen LogP contribution in [0.3, 0.4) is 0 Å². The van der Waals surface area contributed by atoms with E-state index in [9.17, 15) is 9.90 Å². The van der Waals surface area contributed by atoms with Crippen LogP contribution in [0.1, 0.15) is 82.0 Å². The maximum absolute atomic E-state index is 12.2. The first-order valence-electron chi connectivity index (χ1n) is 12.2. The van der Waals surface area contributed by atoms with E-state index < -0.39 is 19.1 Å². The van der Waals surface area contributed by atoms with Crippen LogP contribution in [-0.4, -0.2) is 35.9 Å². The number of carboxylic acids is 1. The summed E-state index contributed by atoms with van der Waals surface area (Å²) in [6.07, 6.45) is 5.47. The topological polar surface area (TPSA) is 67.8 Å². The van der Waals surface area contributed by atoms with Crippen LogP contribution in [0, 0.1) is 0 Å². The highest BCUT2D eigenvalue weighted by Crippen LogP contribution is 2.38. The number of carboxylic acid groups (broad SMARTS) is 1. The fourth-order valence-corrected chi connectivity index (χ4v) is 4.95. The summed E-state index contributed by atoms with van der Waals surface area (Å²) in [5.74, 6) is -0.354. The Balaban J connectivity index is 1.43. The van der Waals surface area contributed by atoms with Crippen LogP contribution in [0.5, 0.6) is 0 Å². The van der Waals surface area contributed by atoms with Crippen LogP contribution >= 0.6 is 0 Å². The van der Waals surface area contributed by atoms with Crippen molar-refractivity contribution < 1.29 is 19.2 Å². The van der Waals surface area contributed by atoms with Gasteiger partial charge < -0.3 is 19.7 Å². The molecule has 0 unspecified atom stereocenters. The van der Waals surface area contributed by atoms with E-state index in [1.807, 2.05) is 30.3 Å². The number of hydrogen-bond donors (Lipinski definition) is 2. The van der Waals surface area contributed by atoms with Crippen molar-refractivity contribution in [3.05, 3.63) is 65.2 Å². The molecule has 5 nitrogen and oxygen atoms in total. The smallest absolute Gasteiger partial charge is 0.480 e. The van der Waals surface area contributed by atoms with Gasteiger partial charge in [0.25, 0.3) is 0 Å². The maximum Gasteiger partial charge on any atom is 0.494 e. The van der Waals surface area contributed by atoms with Gasteiger partial charge in [0.15, 0.2) is 0 Å². The number of hydrogen-bond acceptors (Lipinski definition) is 4. The summed E-state index contributed by atoms with van der Waals surface area (Å²) in [5, 5.41) is 13.3. The third kappa shape index (κ3) is 5.18. The van der Waals surface area contributed by atoms with Crippen LogP contribution in [0.25, 0.3) is 0 Å². The van der Waals surface area contributed by atoms with E-state index in [2.05, 4.69) is 51.2 Å². The number of nitrogens with one attached hydrogen (secondary N) is 1. The van der Waals surface area contributed by atoms with E-state index >= 15 is 0 Å². The molecule has 33 heavy (non-hydrogen) atoms. The van der Waals surface area contributed by atoms with E-state index in [1.54, 1.807) is 0 Å². The Kier molecular flexibility index (Phi) is 6.99. The fraction of sp³-hybridized carbons (Fsp3) is 0.519. The van der Waals surface area contributed by atoms with Crippen molar-refractivity contribution in [3.8, 4) is 0 Å². The number of benzene rings is 2. The molecule has 1 aliphatic heterocycles. The Morgan fingerprint density at radius 3 is 2.39 bits per heavy atom. The lowest BCUT2D eigenvalue weighted by molar-refractivity contribution is -0.139. The average molecular weight is 449 g/mol. The largest absolute Gasteiger partial charge is 0.494 e. The summed E-state index contributed by atoms with van der Waals surface area (Å²) in [6, 6.07) is 15.6. The van der Waals surface area contributed by atoms with E-state index in [0.717, 1.165) is 35.9 Å². The molecule has 1 heterocycles. The molecule has 1 saturated heterocycles. The molecule has 2 aromatic carbocycles. The van der Waals surface area contributed by atoms with Crippen LogP contribution in [0.2, 0.25) is 0 Å². The summed E-state index contributed by atoms with van der Waals surface area (Å²) in [6.45, 7) is 8.78. The Hall–Kier alpha value is -2.15. The first-order valence-corrected chi connectivity index (χ1v) is 12.2. The highest BCUT2D eigenvalue weighted by molar-refractivity contribution is 6.62. The molecule has 0 radical (unpaired) electrons. The Morgan fingerprint density at radius 1 is 1.06 bits per heavy atom. The molecule has 6 heteroatoms. The van der Waals surface area contributed by atoms with Gasteiger partial charge in [-0.05, 0) is 75.0 Å². The standard InChI is InChI=1S/C27H36BNO4/c1-26(2)27(3,4)33-28(32-26)21-13-9-10-19(18-21)16-17-29-24(25(30)31)23-15-8-7-14-22(23)20-11-5-6-12-20/h7-10,13-15,18,20,24,29H,5-6,11-12,16-17H2,1-4H3,(H,30,31)/t24-/m0/s1. The minimum Gasteiger partial charge on any atom is -0.480 e. The van der Waals surface area contributed by atoms with Gasteiger partial charge in [-0.1, -0.05) is 61.4 Å². The molecule has 0 amide bonds. The fourth-order valence-electron chi connectivity index (χ4n) is 4.95. The van der Waals surface area contributed by atoms with Gasteiger partial charge in [-0.2, -0.15) is 0 Å². The van der Waals surface area contributed by atoms with Crippen LogP contribution in [-0.2, 0) is 20.5 Å². The summed E-state index contributed by atoms with van der Waals surface area (Å²) in [5.41, 5.74) is 3.46. The van der Waals surface area contributed by atoms with Gasteiger partial charge in [-0.15, -0.1) is 0 Å². The van der Waals surface area contributed by atoms with Crippen LogP contribution in [0.15, 0.2) is 48.5 Å². The molecule has 1 aliphatic carbocycles.